The Kier molecular flexibility index (Phi) is 4.72. The van der Waals surface area contributed by atoms with Gasteiger partial charge in [-0.25, -0.2) is 9.98 Å². The number of hydrogen-bond acceptors (Lipinski definition) is 1. The number of halogens is 1. The molecule has 3 heteroatoms. The van der Waals surface area contributed by atoms with Crippen molar-refractivity contribution in [2.45, 2.75) is 20.8 Å². The summed E-state index contributed by atoms with van der Waals surface area (Å²) in [5.41, 5.74) is 0. The normalized spacial score (nSPS) is 13.5. The Bertz CT molecular complexity index is 139. The average Bonchev–Trinajstić information content (AvgIpc) is 1.85. The third kappa shape index (κ3) is 5.41. The minimum atomic E-state index is -0.629. The Morgan fingerprint density at radius 1 is 1.60 bits per heavy atom. The van der Waals surface area contributed by atoms with E-state index in [2.05, 4.69) is 9.98 Å². The minimum absolute atomic E-state index is 0.276. The van der Waals surface area contributed by atoms with Crippen LogP contribution in [0.1, 0.15) is 20.8 Å². The molecular formula is C7H13FN2. The van der Waals surface area contributed by atoms with Crippen LogP contribution in [0.25, 0.3) is 0 Å². The molecule has 0 fully saturated rings. The van der Waals surface area contributed by atoms with Gasteiger partial charge in [-0.05, 0) is 12.8 Å². The summed E-state index contributed by atoms with van der Waals surface area (Å²) in [4.78, 5) is 6.92. The van der Waals surface area contributed by atoms with Crippen molar-refractivity contribution in [1.29, 1.82) is 0 Å². The van der Waals surface area contributed by atoms with Crippen LogP contribution in [0.3, 0.4) is 0 Å². The maximum atomic E-state index is 12.3. The molecule has 0 aromatic rings. The van der Waals surface area contributed by atoms with Gasteiger partial charge in [-0.15, -0.1) is 0 Å². The van der Waals surface area contributed by atoms with Gasteiger partial charge in [0.15, 0.2) is 0 Å². The molecule has 0 heterocycles. The second kappa shape index (κ2) is 5.09. The molecule has 10 heavy (non-hydrogen) atoms. The molecule has 0 saturated carbocycles. The first-order chi connectivity index (χ1) is 4.66. The first-order valence-corrected chi connectivity index (χ1v) is 3.41. The van der Waals surface area contributed by atoms with Crippen molar-refractivity contribution in [2.24, 2.45) is 15.9 Å². The monoisotopic (exact) mass is 144 g/mol. The maximum absolute atomic E-state index is 12.3. The molecule has 0 spiro atoms. The second-order valence-corrected chi connectivity index (χ2v) is 2.27. The quantitative estimate of drug-likeness (QED) is 0.322. The molecule has 0 rings (SSSR count). The van der Waals surface area contributed by atoms with Crippen molar-refractivity contribution in [3.63, 3.8) is 0 Å². The van der Waals surface area contributed by atoms with Gasteiger partial charge >= 0.3 is 6.09 Å². The molecule has 0 N–H and O–H groups in total. The van der Waals surface area contributed by atoms with Gasteiger partial charge in [-0.2, -0.15) is 4.39 Å². The van der Waals surface area contributed by atoms with E-state index in [1.54, 1.807) is 6.92 Å². The molecule has 2 nitrogen and oxygen atoms in total. The SMILES string of the molecule is CC/N=C(F)\N=C/C(C)C. The highest BCUT2D eigenvalue weighted by atomic mass is 19.1. The summed E-state index contributed by atoms with van der Waals surface area (Å²) >= 11 is 0. The molecular weight excluding hydrogens is 131 g/mol. The first-order valence-electron chi connectivity index (χ1n) is 3.41. The van der Waals surface area contributed by atoms with Gasteiger partial charge in [0.1, 0.15) is 0 Å². The Morgan fingerprint density at radius 3 is 2.60 bits per heavy atom. The number of amidine groups is 1. The van der Waals surface area contributed by atoms with E-state index in [-0.39, 0.29) is 5.92 Å². The van der Waals surface area contributed by atoms with Crippen molar-refractivity contribution < 1.29 is 4.39 Å². The van der Waals surface area contributed by atoms with Crippen LogP contribution in [-0.2, 0) is 0 Å². The van der Waals surface area contributed by atoms with Crippen molar-refractivity contribution in [2.75, 3.05) is 6.54 Å². The summed E-state index contributed by atoms with van der Waals surface area (Å²) < 4.78 is 12.3. The summed E-state index contributed by atoms with van der Waals surface area (Å²) in [6.07, 6.45) is 0.908. The van der Waals surface area contributed by atoms with E-state index < -0.39 is 6.09 Å². The van der Waals surface area contributed by atoms with Crippen molar-refractivity contribution in [3.05, 3.63) is 0 Å². The van der Waals surface area contributed by atoms with Crippen LogP contribution in [-0.4, -0.2) is 18.8 Å². The number of hydrogen-bond donors (Lipinski definition) is 0. The summed E-state index contributed by atoms with van der Waals surface area (Å²) in [5, 5.41) is 0. The van der Waals surface area contributed by atoms with Crippen LogP contribution >= 0.6 is 0 Å². The molecule has 0 unspecified atom stereocenters. The molecule has 58 valence electrons. The summed E-state index contributed by atoms with van der Waals surface area (Å²) in [7, 11) is 0. The third-order valence-corrected chi connectivity index (χ3v) is 0.768. The van der Waals surface area contributed by atoms with Crippen LogP contribution in [0.5, 0.6) is 0 Å². The van der Waals surface area contributed by atoms with Crippen LogP contribution in [0, 0.1) is 5.92 Å². The Morgan fingerprint density at radius 2 is 2.20 bits per heavy atom. The van der Waals surface area contributed by atoms with Crippen LogP contribution < -0.4 is 0 Å². The molecule has 0 aliphatic carbocycles. The van der Waals surface area contributed by atoms with E-state index in [1.807, 2.05) is 13.8 Å². The molecule has 0 aromatic carbocycles. The highest BCUT2D eigenvalue weighted by Crippen LogP contribution is 1.88. The van der Waals surface area contributed by atoms with Gasteiger partial charge in [-0.1, -0.05) is 13.8 Å². The van der Waals surface area contributed by atoms with Gasteiger partial charge in [0, 0.05) is 12.8 Å². The van der Waals surface area contributed by atoms with Gasteiger partial charge in [0.2, 0.25) is 0 Å². The molecule has 0 bridgehead atoms. The molecule has 0 atom stereocenters. The zero-order valence-electron chi connectivity index (χ0n) is 6.63. The van der Waals surface area contributed by atoms with Crippen LogP contribution in [0.2, 0.25) is 0 Å². The average molecular weight is 144 g/mol. The van der Waals surface area contributed by atoms with E-state index in [9.17, 15) is 4.39 Å². The lowest BCUT2D eigenvalue weighted by Crippen LogP contribution is -1.91. The smallest absolute Gasteiger partial charge is 0.241 e. The molecule has 0 amide bonds. The Hall–Kier alpha value is -0.730. The predicted octanol–water partition coefficient (Wildman–Crippen LogP) is 2.06. The molecule has 0 aromatic heterocycles. The zero-order chi connectivity index (χ0) is 7.98. The first kappa shape index (κ1) is 9.27. The largest absolute Gasteiger partial charge is 0.303 e. The van der Waals surface area contributed by atoms with E-state index in [0.29, 0.717) is 6.54 Å². The highest BCUT2D eigenvalue weighted by Gasteiger charge is 1.89. The fourth-order valence-electron chi connectivity index (χ4n) is 0.382. The summed E-state index contributed by atoms with van der Waals surface area (Å²) in [6.45, 7) is 6.08. The lowest BCUT2D eigenvalue weighted by molar-refractivity contribution is 0.775. The molecule has 0 radical (unpaired) electrons. The fraction of sp³-hybridized carbons (Fsp3) is 0.714. The second-order valence-electron chi connectivity index (χ2n) is 2.27. The van der Waals surface area contributed by atoms with Crippen molar-refractivity contribution >= 4 is 12.3 Å². The molecule has 0 aliphatic rings. The standard InChI is InChI=1S/C7H13FN2/c1-4-9-7(8)10-5-6(2)3/h5-6H,4H2,1-3H3/b9-7-,10-5-. The zero-order valence-corrected chi connectivity index (χ0v) is 6.63. The summed E-state index contributed by atoms with van der Waals surface area (Å²) in [5.74, 6) is 0.276. The number of aliphatic imine (C=N–C) groups is 2. The fourth-order valence-corrected chi connectivity index (χ4v) is 0.382. The van der Waals surface area contributed by atoms with Crippen molar-refractivity contribution in [1.82, 2.24) is 0 Å². The lowest BCUT2D eigenvalue weighted by atomic mass is 10.3. The highest BCUT2D eigenvalue weighted by molar-refractivity contribution is 5.82. The molecule has 0 saturated heterocycles. The Labute approximate surface area is 60.9 Å². The summed E-state index contributed by atoms with van der Waals surface area (Å²) in [6, 6.07) is 0. The topological polar surface area (TPSA) is 24.7 Å². The van der Waals surface area contributed by atoms with E-state index in [4.69, 9.17) is 0 Å². The van der Waals surface area contributed by atoms with Crippen LogP contribution in [0.15, 0.2) is 9.98 Å². The van der Waals surface area contributed by atoms with E-state index in [0.717, 1.165) is 0 Å². The van der Waals surface area contributed by atoms with E-state index in [1.165, 1.54) is 6.21 Å². The number of rotatable bonds is 2. The molecule has 0 aliphatic heterocycles. The number of nitrogens with zero attached hydrogens (tertiary/aromatic N) is 2. The lowest BCUT2D eigenvalue weighted by Gasteiger charge is -1.90. The maximum Gasteiger partial charge on any atom is 0.303 e. The predicted molar refractivity (Wildman–Crippen MR) is 42.4 cm³/mol. The third-order valence-electron chi connectivity index (χ3n) is 0.768. The van der Waals surface area contributed by atoms with Gasteiger partial charge in [0.25, 0.3) is 0 Å². The minimum Gasteiger partial charge on any atom is -0.241 e. The van der Waals surface area contributed by atoms with Crippen LogP contribution in [0.4, 0.5) is 4.39 Å². The van der Waals surface area contributed by atoms with E-state index >= 15 is 0 Å². The van der Waals surface area contributed by atoms with Gasteiger partial charge in [0.05, 0.1) is 0 Å². The van der Waals surface area contributed by atoms with Gasteiger partial charge in [-0.3, -0.25) is 0 Å². The van der Waals surface area contributed by atoms with Crippen molar-refractivity contribution in [3.8, 4) is 0 Å². The Balaban J connectivity index is 3.77. The van der Waals surface area contributed by atoms with Gasteiger partial charge < -0.3 is 0 Å².